The zero-order chi connectivity index (χ0) is 6.69. The van der Waals surface area contributed by atoms with Gasteiger partial charge in [0, 0.05) is 6.07 Å². The monoisotopic (exact) mass is 137 g/mol. The largest absolute Gasteiger partial charge is 0.225 e. The maximum atomic E-state index is 8.28. The van der Waals surface area contributed by atoms with E-state index < -0.39 is 0 Å². The van der Waals surface area contributed by atoms with Crippen molar-refractivity contribution in [2.75, 3.05) is 0 Å². The van der Waals surface area contributed by atoms with Gasteiger partial charge in [0.15, 0.2) is 0 Å². The summed E-state index contributed by atoms with van der Waals surface area (Å²) in [6.45, 7) is 0. The molecule has 0 fully saturated rings. The maximum absolute atomic E-state index is 8.28. The fraction of sp³-hybridized carbons (Fsp3) is 0. The van der Waals surface area contributed by atoms with E-state index in [0.29, 0.717) is 5.69 Å². The molecular formula is C6H2ClN2. The van der Waals surface area contributed by atoms with Crippen LogP contribution in [0.4, 0.5) is 0 Å². The van der Waals surface area contributed by atoms with E-state index in [2.05, 4.69) is 11.1 Å². The van der Waals surface area contributed by atoms with Gasteiger partial charge in [0.1, 0.15) is 16.9 Å². The van der Waals surface area contributed by atoms with E-state index in [1.54, 1.807) is 12.1 Å². The van der Waals surface area contributed by atoms with Gasteiger partial charge in [-0.2, -0.15) is 5.26 Å². The van der Waals surface area contributed by atoms with Crippen molar-refractivity contribution in [2.24, 2.45) is 0 Å². The lowest BCUT2D eigenvalue weighted by atomic mass is 10.4. The van der Waals surface area contributed by atoms with Crippen molar-refractivity contribution in [3.63, 3.8) is 0 Å². The molecule has 1 heterocycles. The summed E-state index contributed by atoms with van der Waals surface area (Å²) in [5.41, 5.74) is 0.318. The lowest BCUT2D eigenvalue weighted by Gasteiger charge is -1.85. The Morgan fingerprint density at radius 2 is 2.56 bits per heavy atom. The van der Waals surface area contributed by atoms with Crippen LogP contribution in [0.2, 0.25) is 5.15 Å². The highest BCUT2D eigenvalue weighted by atomic mass is 35.5. The highest BCUT2D eigenvalue weighted by Gasteiger charge is 1.90. The predicted molar refractivity (Wildman–Crippen MR) is 32.8 cm³/mol. The molecule has 0 N–H and O–H groups in total. The Hall–Kier alpha value is -1.07. The van der Waals surface area contributed by atoms with Gasteiger partial charge in [-0.15, -0.1) is 0 Å². The zero-order valence-electron chi connectivity index (χ0n) is 4.43. The molecule has 0 aliphatic carbocycles. The Morgan fingerprint density at radius 3 is 3.00 bits per heavy atom. The Morgan fingerprint density at radius 1 is 1.78 bits per heavy atom. The van der Waals surface area contributed by atoms with Crippen molar-refractivity contribution < 1.29 is 0 Å². The van der Waals surface area contributed by atoms with Crippen LogP contribution in [0.25, 0.3) is 0 Å². The minimum Gasteiger partial charge on any atom is -0.225 e. The highest BCUT2D eigenvalue weighted by molar-refractivity contribution is 6.29. The van der Waals surface area contributed by atoms with Gasteiger partial charge < -0.3 is 0 Å². The van der Waals surface area contributed by atoms with Crippen molar-refractivity contribution in [3.8, 4) is 6.07 Å². The van der Waals surface area contributed by atoms with Crippen LogP contribution in [0.1, 0.15) is 5.69 Å². The first kappa shape index (κ1) is 6.06. The van der Waals surface area contributed by atoms with E-state index in [1.165, 1.54) is 0 Å². The Balaban J connectivity index is 3.12. The molecule has 1 aromatic heterocycles. The summed E-state index contributed by atoms with van der Waals surface area (Å²) in [6, 6.07) is 7.57. The number of hydrogen-bond donors (Lipinski definition) is 0. The molecule has 43 valence electrons. The lowest BCUT2D eigenvalue weighted by Crippen LogP contribution is -1.79. The van der Waals surface area contributed by atoms with Gasteiger partial charge in [-0.25, -0.2) is 4.98 Å². The van der Waals surface area contributed by atoms with Gasteiger partial charge in [-0.05, 0) is 12.1 Å². The molecule has 0 aromatic carbocycles. The average molecular weight is 138 g/mol. The maximum Gasteiger partial charge on any atom is 0.142 e. The summed E-state index contributed by atoms with van der Waals surface area (Å²) in [7, 11) is 0. The van der Waals surface area contributed by atoms with Crippen molar-refractivity contribution in [1.82, 2.24) is 4.98 Å². The molecule has 0 atom stereocenters. The van der Waals surface area contributed by atoms with Gasteiger partial charge in [0.2, 0.25) is 0 Å². The van der Waals surface area contributed by atoms with Crippen LogP contribution in [0.15, 0.2) is 12.1 Å². The molecule has 0 aliphatic heterocycles. The summed E-state index contributed by atoms with van der Waals surface area (Å²) < 4.78 is 0. The minimum atomic E-state index is 0.231. The first-order valence-corrected chi connectivity index (χ1v) is 2.65. The van der Waals surface area contributed by atoms with Gasteiger partial charge >= 0.3 is 0 Å². The highest BCUT2D eigenvalue weighted by Crippen LogP contribution is 2.01. The van der Waals surface area contributed by atoms with Crippen LogP contribution >= 0.6 is 11.6 Å². The molecular weight excluding hydrogens is 136 g/mol. The molecule has 0 saturated carbocycles. The third-order valence-electron chi connectivity index (χ3n) is 0.777. The van der Waals surface area contributed by atoms with Crippen molar-refractivity contribution in [2.45, 2.75) is 0 Å². The molecule has 0 unspecified atom stereocenters. The molecule has 1 aromatic rings. The Labute approximate surface area is 57.7 Å². The fourth-order valence-electron chi connectivity index (χ4n) is 0.427. The number of nitrogens with zero attached hydrogens (tertiary/aromatic N) is 2. The molecule has 0 saturated heterocycles. The number of hydrogen-bond acceptors (Lipinski definition) is 2. The Bertz CT molecular complexity index is 251. The molecule has 0 amide bonds. The number of nitriles is 1. The van der Waals surface area contributed by atoms with Crippen molar-refractivity contribution in [3.05, 3.63) is 29.0 Å². The predicted octanol–water partition coefficient (Wildman–Crippen LogP) is 1.41. The normalized spacial score (nSPS) is 8.44. The quantitative estimate of drug-likeness (QED) is 0.507. The molecule has 2 nitrogen and oxygen atoms in total. The van der Waals surface area contributed by atoms with Gasteiger partial charge in [0.05, 0.1) is 0 Å². The standard InChI is InChI=1S/C6H2ClN2/c7-6-3-1-2-5(4-8)9-6/h1-2H. The Kier molecular flexibility index (Phi) is 1.66. The van der Waals surface area contributed by atoms with Crippen LogP contribution in [-0.2, 0) is 0 Å². The van der Waals surface area contributed by atoms with Crippen LogP contribution in [0.5, 0.6) is 0 Å². The van der Waals surface area contributed by atoms with Crippen LogP contribution in [0.3, 0.4) is 0 Å². The second kappa shape index (κ2) is 2.47. The second-order valence-corrected chi connectivity index (χ2v) is 1.74. The number of rotatable bonds is 0. The van der Waals surface area contributed by atoms with Crippen LogP contribution in [0, 0.1) is 17.4 Å². The third-order valence-corrected chi connectivity index (χ3v) is 0.970. The first-order valence-electron chi connectivity index (χ1n) is 2.27. The van der Waals surface area contributed by atoms with Crippen LogP contribution in [-0.4, -0.2) is 4.98 Å². The van der Waals surface area contributed by atoms with Gasteiger partial charge in [-0.1, -0.05) is 11.6 Å². The molecule has 1 rings (SSSR count). The summed E-state index contributed by atoms with van der Waals surface area (Å²) in [5, 5.41) is 8.51. The molecule has 9 heavy (non-hydrogen) atoms. The van der Waals surface area contributed by atoms with E-state index in [0.717, 1.165) is 0 Å². The van der Waals surface area contributed by atoms with Crippen LogP contribution < -0.4 is 0 Å². The zero-order valence-corrected chi connectivity index (χ0v) is 5.18. The van der Waals surface area contributed by atoms with E-state index >= 15 is 0 Å². The molecule has 0 bridgehead atoms. The van der Waals surface area contributed by atoms with Gasteiger partial charge in [0.25, 0.3) is 0 Å². The van der Waals surface area contributed by atoms with E-state index in [9.17, 15) is 0 Å². The SMILES string of the molecule is N#Cc1cc[c]c(Cl)n1. The smallest absolute Gasteiger partial charge is 0.142 e. The first-order chi connectivity index (χ1) is 4.33. The molecule has 0 aliphatic rings. The van der Waals surface area contributed by atoms with Crippen molar-refractivity contribution >= 4 is 11.6 Å². The minimum absolute atomic E-state index is 0.231. The topological polar surface area (TPSA) is 36.7 Å². The average Bonchev–Trinajstić information content (AvgIpc) is 1.88. The van der Waals surface area contributed by atoms with Gasteiger partial charge in [-0.3, -0.25) is 0 Å². The number of halogens is 1. The second-order valence-electron chi connectivity index (χ2n) is 1.38. The van der Waals surface area contributed by atoms with E-state index in [-0.39, 0.29) is 5.15 Å². The molecule has 0 spiro atoms. The fourth-order valence-corrected chi connectivity index (χ4v) is 0.581. The van der Waals surface area contributed by atoms with E-state index in [4.69, 9.17) is 16.9 Å². The third kappa shape index (κ3) is 1.41. The lowest BCUT2D eigenvalue weighted by molar-refractivity contribution is 1.26. The van der Waals surface area contributed by atoms with Crippen molar-refractivity contribution in [1.29, 1.82) is 5.26 Å². The summed E-state index contributed by atoms with van der Waals surface area (Å²) in [5.74, 6) is 0. The summed E-state index contributed by atoms with van der Waals surface area (Å²) >= 11 is 5.41. The molecule has 1 radical (unpaired) electrons. The van der Waals surface area contributed by atoms with E-state index in [1.807, 2.05) is 6.07 Å². The summed E-state index contributed by atoms with van der Waals surface area (Å²) in [6.07, 6.45) is 0. The number of aromatic nitrogens is 1. The summed E-state index contributed by atoms with van der Waals surface area (Å²) in [4.78, 5) is 3.64. The molecule has 3 heteroatoms. The number of pyridine rings is 1.